The third-order valence-corrected chi connectivity index (χ3v) is 4.79. The summed E-state index contributed by atoms with van der Waals surface area (Å²) >= 11 is 1.15. The summed E-state index contributed by atoms with van der Waals surface area (Å²) in [6.45, 7) is 1.90. The molecule has 17 heavy (non-hydrogen) atoms. The predicted molar refractivity (Wildman–Crippen MR) is 66.6 cm³/mol. The Labute approximate surface area is 103 Å². The third kappa shape index (κ3) is 2.31. The van der Waals surface area contributed by atoms with Crippen LogP contribution in [0.15, 0.2) is 39.6 Å². The summed E-state index contributed by atoms with van der Waals surface area (Å²) in [5, 5.41) is 1.85. The van der Waals surface area contributed by atoms with Gasteiger partial charge in [0.25, 0.3) is 0 Å². The Kier molecular flexibility index (Phi) is 3.14. The maximum Gasteiger partial charge on any atom is 0.224 e. The molecule has 3 N–H and O–H groups in total. The van der Waals surface area contributed by atoms with Crippen molar-refractivity contribution in [2.24, 2.45) is 5.84 Å². The van der Waals surface area contributed by atoms with Crippen LogP contribution < -0.4 is 11.3 Å². The van der Waals surface area contributed by atoms with Crippen molar-refractivity contribution >= 4 is 26.3 Å². The highest BCUT2D eigenvalue weighted by atomic mass is 32.2. The summed E-state index contributed by atoms with van der Waals surface area (Å²) in [6, 6.07) is 6.64. The van der Waals surface area contributed by atoms with Crippen molar-refractivity contribution in [3.05, 3.63) is 35.2 Å². The Hall–Kier alpha value is -1.44. The fraction of sp³-hybridized carbons (Fsp3) is 0.100. The molecule has 1 heterocycles. The Bertz CT molecular complexity index is 617. The summed E-state index contributed by atoms with van der Waals surface area (Å²) in [6.07, 6.45) is 0. The number of aryl methyl sites for hydroxylation is 1. The highest BCUT2D eigenvalue weighted by molar-refractivity contribution is 7.91. The van der Waals surface area contributed by atoms with Gasteiger partial charge in [0.15, 0.2) is 10.2 Å². The minimum Gasteiger partial charge on any atom is -0.300 e. The maximum absolute atomic E-state index is 12.1. The second kappa shape index (κ2) is 4.44. The molecule has 0 aliphatic heterocycles. The van der Waals surface area contributed by atoms with Gasteiger partial charge in [0.1, 0.15) is 0 Å². The van der Waals surface area contributed by atoms with E-state index in [1.54, 1.807) is 24.3 Å². The quantitative estimate of drug-likeness (QED) is 0.652. The van der Waals surface area contributed by atoms with Crippen LogP contribution in [0, 0.1) is 6.92 Å². The molecule has 0 aliphatic rings. The molecular weight excluding hydrogens is 258 g/mol. The standard InChI is InChI=1S/C10H11N3O2S2/c1-7-2-4-8(5-3-7)17(14,15)9-6-16-10(12-9)13-11/h2-6H,11H2,1H3,(H,12,13). The first-order valence-corrected chi connectivity index (χ1v) is 7.14. The maximum atomic E-state index is 12.1. The van der Waals surface area contributed by atoms with Crippen molar-refractivity contribution < 1.29 is 8.42 Å². The number of rotatable bonds is 3. The zero-order chi connectivity index (χ0) is 12.5. The molecule has 0 amide bonds. The number of benzene rings is 1. The van der Waals surface area contributed by atoms with Crippen molar-refractivity contribution in [1.82, 2.24) is 4.98 Å². The van der Waals surface area contributed by atoms with Gasteiger partial charge >= 0.3 is 0 Å². The lowest BCUT2D eigenvalue weighted by Gasteiger charge is -2.01. The average molecular weight is 269 g/mol. The number of sulfone groups is 1. The van der Waals surface area contributed by atoms with E-state index in [1.807, 2.05) is 6.92 Å². The molecule has 5 nitrogen and oxygen atoms in total. The summed E-state index contributed by atoms with van der Waals surface area (Å²) in [5.74, 6) is 5.17. The zero-order valence-electron chi connectivity index (χ0n) is 9.04. The SMILES string of the molecule is Cc1ccc(S(=O)(=O)c2csc(NN)n2)cc1. The Morgan fingerprint density at radius 3 is 2.47 bits per heavy atom. The summed E-state index contributed by atoms with van der Waals surface area (Å²) < 4.78 is 24.3. The van der Waals surface area contributed by atoms with Crippen LogP contribution in [0.1, 0.15) is 5.56 Å². The van der Waals surface area contributed by atoms with Gasteiger partial charge in [-0.3, -0.25) is 5.43 Å². The normalized spacial score (nSPS) is 11.4. The van der Waals surface area contributed by atoms with Gasteiger partial charge in [-0.1, -0.05) is 17.7 Å². The smallest absolute Gasteiger partial charge is 0.224 e. The lowest BCUT2D eigenvalue weighted by molar-refractivity contribution is 0.593. The van der Waals surface area contributed by atoms with Crippen molar-refractivity contribution in [2.45, 2.75) is 16.8 Å². The van der Waals surface area contributed by atoms with E-state index in [0.29, 0.717) is 5.13 Å². The number of nitrogens with one attached hydrogen (secondary N) is 1. The van der Waals surface area contributed by atoms with E-state index in [0.717, 1.165) is 16.9 Å². The van der Waals surface area contributed by atoms with Crippen LogP contribution in [-0.4, -0.2) is 13.4 Å². The van der Waals surface area contributed by atoms with Crippen LogP contribution in [0.2, 0.25) is 0 Å². The van der Waals surface area contributed by atoms with E-state index in [1.165, 1.54) is 5.38 Å². The molecule has 0 radical (unpaired) electrons. The van der Waals surface area contributed by atoms with Gasteiger partial charge in [-0.15, -0.1) is 11.3 Å². The molecule has 0 atom stereocenters. The fourth-order valence-corrected chi connectivity index (χ4v) is 3.43. The number of hydrazine groups is 1. The van der Waals surface area contributed by atoms with E-state index >= 15 is 0 Å². The highest BCUT2D eigenvalue weighted by Gasteiger charge is 2.20. The van der Waals surface area contributed by atoms with Gasteiger partial charge in [0, 0.05) is 5.38 Å². The van der Waals surface area contributed by atoms with E-state index in [4.69, 9.17) is 5.84 Å². The monoisotopic (exact) mass is 269 g/mol. The Balaban J connectivity index is 2.46. The van der Waals surface area contributed by atoms with E-state index < -0.39 is 9.84 Å². The van der Waals surface area contributed by atoms with Gasteiger partial charge in [0.05, 0.1) is 4.90 Å². The molecule has 0 unspecified atom stereocenters. The van der Waals surface area contributed by atoms with Crippen molar-refractivity contribution in [1.29, 1.82) is 0 Å². The van der Waals surface area contributed by atoms with Gasteiger partial charge < -0.3 is 0 Å². The second-order valence-electron chi connectivity index (χ2n) is 3.45. The molecule has 0 bridgehead atoms. The first-order chi connectivity index (χ1) is 8.04. The van der Waals surface area contributed by atoms with E-state index in [2.05, 4.69) is 10.4 Å². The average Bonchev–Trinajstić information content (AvgIpc) is 2.78. The molecule has 0 saturated heterocycles. The summed E-state index contributed by atoms with van der Waals surface area (Å²) in [4.78, 5) is 4.13. The van der Waals surface area contributed by atoms with Gasteiger partial charge in [0.2, 0.25) is 9.84 Å². The van der Waals surface area contributed by atoms with Crippen LogP contribution in [0.5, 0.6) is 0 Å². The minimum absolute atomic E-state index is 0.0132. The molecule has 1 aromatic heterocycles. The van der Waals surface area contributed by atoms with Crippen LogP contribution in [0.4, 0.5) is 5.13 Å². The van der Waals surface area contributed by atoms with Gasteiger partial charge in [-0.25, -0.2) is 19.2 Å². The minimum atomic E-state index is -3.54. The van der Waals surface area contributed by atoms with Crippen molar-refractivity contribution in [3.63, 3.8) is 0 Å². The predicted octanol–water partition coefficient (Wildman–Crippen LogP) is 1.57. The number of nitrogens with two attached hydrogens (primary N) is 1. The second-order valence-corrected chi connectivity index (χ2v) is 6.21. The van der Waals surface area contributed by atoms with Crippen LogP contribution in [0.25, 0.3) is 0 Å². The lowest BCUT2D eigenvalue weighted by atomic mass is 10.2. The molecule has 90 valence electrons. The zero-order valence-corrected chi connectivity index (χ0v) is 10.7. The molecule has 7 heteroatoms. The Morgan fingerprint density at radius 1 is 1.29 bits per heavy atom. The number of hydrogen-bond donors (Lipinski definition) is 2. The topological polar surface area (TPSA) is 85.1 Å². The molecule has 2 aromatic rings. The van der Waals surface area contributed by atoms with Crippen molar-refractivity contribution in [2.75, 3.05) is 5.43 Å². The van der Waals surface area contributed by atoms with E-state index in [9.17, 15) is 8.42 Å². The fourth-order valence-electron chi connectivity index (χ4n) is 1.29. The first-order valence-electron chi connectivity index (χ1n) is 4.78. The van der Waals surface area contributed by atoms with Gasteiger partial charge in [-0.05, 0) is 19.1 Å². The Morgan fingerprint density at radius 2 is 1.94 bits per heavy atom. The number of anilines is 1. The molecule has 0 aliphatic carbocycles. The highest BCUT2D eigenvalue weighted by Crippen LogP contribution is 2.24. The molecule has 1 aromatic carbocycles. The number of nitrogens with zero attached hydrogens (tertiary/aromatic N) is 1. The first kappa shape index (κ1) is 12.0. The van der Waals surface area contributed by atoms with Crippen LogP contribution >= 0.6 is 11.3 Å². The number of thiazole rings is 1. The van der Waals surface area contributed by atoms with Crippen LogP contribution in [0.3, 0.4) is 0 Å². The lowest BCUT2D eigenvalue weighted by Crippen LogP contribution is -2.07. The van der Waals surface area contributed by atoms with Crippen molar-refractivity contribution in [3.8, 4) is 0 Å². The van der Waals surface area contributed by atoms with Crippen LogP contribution in [-0.2, 0) is 9.84 Å². The molecule has 0 fully saturated rings. The summed E-state index contributed by atoms with van der Waals surface area (Å²) in [7, 11) is -3.54. The largest absolute Gasteiger partial charge is 0.300 e. The number of hydrogen-bond acceptors (Lipinski definition) is 6. The van der Waals surface area contributed by atoms with E-state index in [-0.39, 0.29) is 9.92 Å². The third-order valence-electron chi connectivity index (χ3n) is 2.21. The molecule has 0 saturated carbocycles. The molecule has 2 rings (SSSR count). The molecular formula is C10H11N3O2S2. The van der Waals surface area contributed by atoms with Gasteiger partial charge in [-0.2, -0.15) is 0 Å². The molecule has 0 spiro atoms. The summed E-state index contributed by atoms with van der Waals surface area (Å²) in [5.41, 5.74) is 3.33. The number of nitrogen functional groups attached to an aromatic ring is 1. The number of aromatic nitrogens is 1.